The lowest BCUT2D eigenvalue weighted by molar-refractivity contribution is -0.130. The number of rotatable bonds is 25. The number of unbranched alkanes of at least 4 members (excludes halogenated alkanes) is 1. The van der Waals surface area contributed by atoms with Crippen LogP contribution in [-0.2, 0) is 19.7 Å². The fraction of sp³-hybridized carbons (Fsp3) is 0.347. The normalized spacial score (nSPS) is 14.5. The zero-order valence-electron chi connectivity index (χ0n) is 38.8. The van der Waals surface area contributed by atoms with E-state index in [0.29, 0.717) is 43.2 Å². The van der Waals surface area contributed by atoms with Crippen molar-refractivity contribution in [2.75, 3.05) is 38.5 Å². The maximum Gasteiger partial charge on any atom is 0.295 e. The number of nitrogens with one attached hydrogen (secondary N) is 4. The van der Waals surface area contributed by atoms with E-state index in [9.17, 15) is 47.8 Å². The smallest absolute Gasteiger partial charge is 0.295 e. The van der Waals surface area contributed by atoms with Crippen LogP contribution >= 0.6 is 0 Å². The lowest BCUT2D eigenvalue weighted by Crippen LogP contribution is -2.52. The molecule has 21 nitrogen and oxygen atoms in total. The van der Waals surface area contributed by atoms with Crippen LogP contribution in [0.25, 0.3) is 22.4 Å². The Balaban J connectivity index is 1.05. The second-order valence-electron chi connectivity index (χ2n) is 17.3. The quantitative estimate of drug-likeness (QED) is 0.0174. The zero-order chi connectivity index (χ0) is 51.1. The van der Waals surface area contributed by atoms with Crippen molar-refractivity contribution in [2.45, 2.75) is 74.9 Å². The summed E-state index contributed by atoms with van der Waals surface area (Å²) in [5.41, 5.74) is 5.66. The molecule has 3 amide bonds. The summed E-state index contributed by atoms with van der Waals surface area (Å²) >= 11 is 0. The number of aliphatic hydroxyl groups excluding tert-OH is 5. The van der Waals surface area contributed by atoms with Gasteiger partial charge < -0.3 is 55.7 Å². The Bertz CT molecular complexity index is 2750. The molecule has 1 aliphatic heterocycles. The molecule has 0 saturated heterocycles. The van der Waals surface area contributed by atoms with Crippen LogP contribution in [0.4, 0.5) is 5.82 Å². The number of nitrogens with zero attached hydrogens (tertiary/aromatic N) is 3. The lowest BCUT2D eigenvalue weighted by Gasteiger charge is -2.27. The Hall–Kier alpha value is -7.05. The molecule has 0 fully saturated rings. The molecule has 0 radical (unpaired) electrons. The van der Waals surface area contributed by atoms with Gasteiger partial charge in [-0.05, 0) is 72.2 Å². The number of hydrogen-bond donors (Lipinski definition) is 10. The standard InChI is InChI=1S/C49H57N7O14S/c1-49(2,18-8-9-19-68-44-22-34(20-35(54-44)30-10-4-3-5-11-30)31-14-16-39-40(21-31)70-29-69-39)28-52-48(64)36(23-43(60)51-26-37(58)45(61)46(62)38(59)27-57)55-47(63)33-15-17-42(50-24-33)56-53-25-32-12-6-7-13-41(32)71(65,66)67/h3-7,10-17,20-22,24-25,36-38,45-46,57-59,61-62H,8-9,18-19,23,26-29H2,1-2H3,(H,50,56)(H,51,60)(H,52,64)(H,55,63)(H,65,66,67)/b53-25+/t36?,37-,38+,45+,46+/m0/s1. The van der Waals surface area contributed by atoms with Gasteiger partial charge in [0, 0.05) is 36.5 Å². The van der Waals surface area contributed by atoms with Crippen LogP contribution in [0.1, 0.15) is 55.5 Å². The highest BCUT2D eigenvalue weighted by Gasteiger charge is 2.32. The third-order valence-corrected chi connectivity index (χ3v) is 12.2. The van der Waals surface area contributed by atoms with Crippen LogP contribution < -0.4 is 35.6 Å². The van der Waals surface area contributed by atoms with Gasteiger partial charge in [-0.25, -0.2) is 9.97 Å². The van der Waals surface area contributed by atoms with Gasteiger partial charge in [0.25, 0.3) is 16.0 Å². The van der Waals surface area contributed by atoms with Crippen LogP contribution in [0.3, 0.4) is 0 Å². The van der Waals surface area contributed by atoms with Crippen LogP contribution in [0.5, 0.6) is 17.4 Å². The first-order valence-corrected chi connectivity index (χ1v) is 23.9. The number of carbonyl (C=O) groups excluding carboxylic acids is 3. The number of amides is 3. The van der Waals surface area contributed by atoms with E-state index in [4.69, 9.17) is 24.3 Å². The van der Waals surface area contributed by atoms with Gasteiger partial charge in [-0.2, -0.15) is 13.5 Å². The average Bonchev–Trinajstić information content (AvgIpc) is 3.85. The highest BCUT2D eigenvalue weighted by molar-refractivity contribution is 7.86. The number of benzene rings is 3. The Morgan fingerprint density at radius 3 is 2.31 bits per heavy atom. The monoisotopic (exact) mass is 999 g/mol. The van der Waals surface area contributed by atoms with E-state index in [0.717, 1.165) is 28.6 Å². The van der Waals surface area contributed by atoms with Gasteiger partial charge in [-0.15, -0.1) is 0 Å². The first-order valence-electron chi connectivity index (χ1n) is 22.5. The maximum atomic E-state index is 13.7. The first-order chi connectivity index (χ1) is 33.9. The maximum absolute atomic E-state index is 13.7. The zero-order valence-corrected chi connectivity index (χ0v) is 39.7. The highest BCUT2D eigenvalue weighted by atomic mass is 32.2. The van der Waals surface area contributed by atoms with Crippen molar-refractivity contribution in [2.24, 2.45) is 10.5 Å². The molecule has 1 aliphatic rings. The molecule has 71 heavy (non-hydrogen) atoms. The Morgan fingerprint density at radius 1 is 0.845 bits per heavy atom. The summed E-state index contributed by atoms with van der Waals surface area (Å²) in [5.74, 6) is -0.404. The van der Waals surface area contributed by atoms with Crippen molar-refractivity contribution in [3.8, 4) is 39.8 Å². The molecule has 3 aromatic carbocycles. The topological polar surface area (TPSA) is 321 Å². The number of carbonyl (C=O) groups is 3. The van der Waals surface area contributed by atoms with Gasteiger partial charge in [-0.1, -0.05) is 68.4 Å². The number of ether oxygens (including phenoxy) is 3. The fourth-order valence-corrected chi connectivity index (χ4v) is 7.86. The van der Waals surface area contributed by atoms with Crippen molar-refractivity contribution in [3.63, 3.8) is 0 Å². The largest absolute Gasteiger partial charge is 0.478 e. The summed E-state index contributed by atoms with van der Waals surface area (Å²) in [6.07, 6.45) is -3.72. The van der Waals surface area contributed by atoms with E-state index < -0.39 is 83.3 Å². The molecule has 6 rings (SSSR count). The average molecular weight is 1000 g/mol. The summed E-state index contributed by atoms with van der Waals surface area (Å²) in [4.78, 5) is 48.9. The minimum atomic E-state index is -4.52. The fourth-order valence-electron chi connectivity index (χ4n) is 7.19. The predicted molar refractivity (Wildman–Crippen MR) is 259 cm³/mol. The van der Waals surface area contributed by atoms with Gasteiger partial charge in [0.2, 0.25) is 24.5 Å². The first kappa shape index (κ1) is 53.3. The third kappa shape index (κ3) is 15.5. The summed E-state index contributed by atoms with van der Waals surface area (Å²) in [6, 6.07) is 26.2. The molecule has 0 spiro atoms. The van der Waals surface area contributed by atoms with Crippen LogP contribution in [0.2, 0.25) is 0 Å². The predicted octanol–water partition coefficient (Wildman–Crippen LogP) is 2.66. The van der Waals surface area contributed by atoms with Gasteiger partial charge in [0.15, 0.2) is 11.5 Å². The molecule has 10 N–H and O–H groups in total. The molecule has 3 heterocycles. The molecular weight excluding hydrogens is 943 g/mol. The Kier molecular flexibility index (Phi) is 18.5. The summed E-state index contributed by atoms with van der Waals surface area (Å²) in [6.45, 7) is 3.04. The highest BCUT2D eigenvalue weighted by Crippen LogP contribution is 2.37. The number of aliphatic hydroxyl groups is 5. The van der Waals surface area contributed by atoms with Crippen molar-refractivity contribution < 1.29 is 67.1 Å². The van der Waals surface area contributed by atoms with E-state index in [1.165, 1.54) is 36.5 Å². The summed E-state index contributed by atoms with van der Waals surface area (Å²) < 4.78 is 50.2. The molecule has 2 aromatic heterocycles. The molecule has 378 valence electrons. The SMILES string of the molecule is CC(C)(CCCCOc1cc(-c2ccc3c(c2)OCO3)cc(-c2ccccc2)n1)CNC(=O)C(CC(=O)NC[C@H](O)[C@@H](O)[C@H](O)[C@H](O)CO)NC(=O)c1ccc(N/N=C/c2ccccc2S(=O)(=O)O)nc1. The number of hydrogen-bond acceptors (Lipinski definition) is 17. The Labute approximate surface area is 409 Å². The van der Waals surface area contributed by atoms with Gasteiger partial charge in [0.1, 0.15) is 35.1 Å². The molecule has 22 heteroatoms. The molecular formula is C49H57N7O14S. The lowest BCUT2D eigenvalue weighted by atomic mass is 9.87. The molecule has 0 aliphatic carbocycles. The number of aromatic nitrogens is 2. The number of fused-ring (bicyclic) bond motifs is 1. The van der Waals surface area contributed by atoms with Gasteiger partial charge in [0.05, 0.1) is 43.2 Å². The van der Waals surface area contributed by atoms with Crippen LogP contribution in [-0.4, -0.2) is 136 Å². The summed E-state index contributed by atoms with van der Waals surface area (Å²) in [5, 5.41) is 60.8. The minimum absolute atomic E-state index is 0.0156. The van der Waals surface area contributed by atoms with Crippen molar-refractivity contribution in [3.05, 3.63) is 114 Å². The minimum Gasteiger partial charge on any atom is -0.478 e. The molecule has 5 atom stereocenters. The van der Waals surface area contributed by atoms with Crippen molar-refractivity contribution >= 4 is 39.9 Å². The van der Waals surface area contributed by atoms with Gasteiger partial charge >= 0.3 is 0 Å². The van der Waals surface area contributed by atoms with Crippen LogP contribution in [0, 0.1) is 5.41 Å². The van der Waals surface area contributed by atoms with Gasteiger partial charge in [-0.3, -0.25) is 24.4 Å². The number of anilines is 1. The molecule has 0 saturated carbocycles. The Morgan fingerprint density at radius 2 is 1.58 bits per heavy atom. The number of hydrazone groups is 1. The van der Waals surface area contributed by atoms with E-state index in [1.54, 1.807) is 6.07 Å². The molecule has 1 unspecified atom stereocenters. The van der Waals surface area contributed by atoms with E-state index in [-0.39, 0.29) is 35.2 Å². The van der Waals surface area contributed by atoms with E-state index in [2.05, 4.69) is 31.5 Å². The second-order valence-corrected chi connectivity index (χ2v) is 18.7. The summed E-state index contributed by atoms with van der Waals surface area (Å²) in [7, 11) is -4.52. The second kappa shape index (κ2) is 24.7. The molecule has 0 bridgehead atoms. The number of pyridine rings is 2. The van der Waals surface area contributed by atoms with Crippen molar-refractivity contribution in [1.82, 2.24) is 25.9 Å². The third-order valence-electron chi connectivity index (χ3n) is 11.3. The van der Waals surface area contributed by atoms with Crippen molar-refractivity contribution in [1.29, 1.82) is 0 Å². The van der Waals surface area contributed by atoms with Crippen LogP contribution in [0.15, 0.2) is 113 Å². The van der Waals surface area contributed by atoms with E-state index in [1.807, 2.05) is 74.5 Å². The molecule has 5 aromatic rings. The van der Waals surface area contributed by atoms with E-state index >= 15 is 0 Å².